The summed E-state index contributed by atoms with van der Waals surface area (Å²) in [5, 5.41) is 0.0664. The number of likely N-dealkylation sites (tertiary alicyclic amines) is 1. The average molecular weight is 437 g/mol. The van der Waals surface area contributed by atoms with Crippen molar-refractivity contribution < 1.29 is 9.59 Å². The highest BCUT2D eigenvalue weighted by molar-refractivity contribution is 8.00. The summed E-state index contributed by atoms with van der Waals surface area (Å²) in [4.78, 5) is 30.8. The number of thioether (sulfide) groups is 1. The first kappa shape index (κ1) is 21.9. The molecule has 0 spiro atoms. The second-order valence-corrected chi connectivity index (χ2v) is 9.91. The van der Waals surface area contributed by atoms with E-state index in [1.54, 1.807) is 11.8 Å². The van der Waals surface area contributed by atoms with Gasteiger partial charge in [0.2, 0.25) is 5.91 Å². The molecule has 0 saturated carbocycles. The van der Waals surface area contributed by atoms with Gasteiger partial charge in [-0.1, -0.05) is 55.5 Å². The first-order valence-electron chi connectivity index (χ1n) is 11.4. The summed E-state index contributed by atoms with van der Waals surface area (Å²) in [6.45, 7) is 5.64. The maximum Gasteiger partial charge on any atom is 0.255 e. The molecular formula is C26H32N2O2S. The van der Waals surface area contributed by atoms with Crippen molar-refractivity contribution in [2.45, 2.75) is 50.9 Å². The lowest BCUT2D eigenvalue weighted by Crippen LogP contribution is -2.52. The fraction of sp³-hybridized carbons (Fsp3) is 0.462. The average Bonchev–Trinajstić information content (AvgIpc) is 3.24. The normalized spacial score (nSPS) is 22.0. The SMILES string of the molecule is CCC1SCC(C(=O)N2CCC(Cc3ccccc3)CC2)N1C(=O)c1ccccc1C. The molecule has 2 aromatic carbocycles. The molecule has 4 nitrogen and oxygen atoms in total. The van der Waals surface area contributed by atoms with E-state index in [1.807, 2.05) is 41.0 Å². The third kappa shape index (κ3) is 4.82. The standard InChI is InChI=1S/C26H32N2O2S/c1-3-24-28(25(29)22-12-8-7-9-19(22)2)23(18-31-24)26(30)27-15-13-21(14-16-27)17-20-10-5-4-6-11-20/h4-12,21,23-24H,3,13-18H2,1-2H3. The van der Waals surface area contributed by atoms with E-state index in [4.69, 9.17) is 0 Å². The Balaban J connectivity index is 1.42. The lowest BCUT2D eigenvalue weighted by molar-refractivity contribution is -0.136. The molecular weight excluding hydrogens is 404 g/mol. The molecule has 0 aliphatic carbocycles. The first-order valence-corrected chi connectivity index (χ1v) is 12.5. The van der Waals surface area contributed by atoms with E-state index in [1.165, 1.54) is 5.56 Å². The number of carbonyl (C=O) groups is 2. The Kier molecular flexibility index (Phi) is 7.01. The van der Waals surface area contributed by atoms with Crippen molar-refractivity contribution >= 4 is 23.6 Å². The van der Waals surface area contributed by atoms with Gasteiger partial charge in [0.15, 0.2) is 0 Å². The minimum atomic E-state index is -0.354. The maximum atomic E-state index is 13.5. The molecule has 2 unspecified atom stereocenters. The van der Waals surface area contributed by atoms with Gasteiger partial charge in [-0.2, -0.15) is 0 Å². The van der Waals surface area contributed by atoms with Gasteiger partial charge in [-0.3, -0.25) is 9.59 Å². The predicted octanol–water partition coefficient (Wildman–Crippen LogP) is 4.77. The fourth-order valence-corrected chi connectivity index (χ4v) is 6.15. The van der Waals surface area contributed by atoms with Crippen molar-refractivity contribution in [3.8, 4) is 0 Å². The van der Waals surface area contributed by atoms with Gasteiger partial charge in [-0.25, -0.2) is 0 Å². The van der Waals surface area contributed by atoms with Crippen LogP contribution in [0.5, 0.6) is 0 Å². The summed E-state index contributed by atoms with van der Waals surface area (Å²) in [5.41, 5.74) is 3.05. The molecule has 5 heteroatoms. The summed E-state index contributed by atoms with van der Waals surface area (Å²) >= 11 is 1.74. The monoisotopic (exact) mass is 436 g/mol. The third-order valence-corrected chi connectivity index (χ3v) is 8.08. The summed E-state index contributed by atoms with van der Waals surface area (Å²) in [5.74, 6) is 1.44. The highest BCUT2D eigenvalue weighted by Gasteiger charge is 2.43. The van der Waals surface area contributed by atoms with Crippen LogP contribution in [0.1, 0.15) is 47.7 Å². The minimum absolute atomic E-state index is 0.00716. The number of carbonyl (C=O) groups excluding carboxylic acids is 2. The summed E-state index contributed by atoms with van der Waals surface area (Å²) < 4.78 is 0. The molecule has 2 aromatic rings. The van der Waals surface area contributed by atoms with Crippen LogP contribution in [0.25, 0.3) is 0 Å². The quantitative estimate of drug-likeness (QED) is 0.678. The van der Waals surface area contributed by atoms with Crippen molar-refractivity contribution in [1.82, 2.24) is 9.80 Å². The smallest absolute Gasteiger partial charge is 0.255 e. The lowest BCUT2D eigenvalue weighted by atomic mass is 9.90. The maximum absolute atomic E-state index is 13.5. The van der Waals surface area contributed by atoms with E-state index in [0.717, 1.165) is 44.3 Å². The van der Waals surface area contributed by atoms with Crippen LogP contribution in [-0.2, 0) is 11.2 Å². The van der Waals surface area contributed by atoms with Gasteiger partial charge in [0.25, 0.3) is 5.91 Å². The van der Waals surface area contributed by atoms with Crippen LogP contribution in [0.2, 0.25) is 0 Å². The van der Waals surface area contributed by atoms with Crippen LogP contribution in [0.4, 0.5) is 0 Å². The highest BCUT2D eigenvalue weighted by Crippen LogP contribution is 2.34. The molecule has 0 bridgehead atoms. The zero-order valence-electron chi connectivity index (χ0n) is 18.5. The second-order valence-electron chi connectivity index (χ2n) is 8.70. The zero-order chi connectivity index (χ0) is 21.8. The number of piperidine rings is 1. The van der Waals surface area contributed by atoms with Gasteiger partial charge in [-0.15, -0.1) is 11.8 Å². The molecule has 0 N–H and O–H groups in total. The van der Waals surface area contributed by atoms with Gasteiger partial charge < -0.3 is 9.80 Å². The number of hydrogen-bond acceptors (Lipinski definition) is 3. The van der Waals surface area contributed by atoms with Crippen molar-refractivity contribution in [3.05, 3.63) is 71.3 Å². The molecule has 2 heterocycles. The first-order chi connectivity index (χ1) is 15.1. The zero-order valence-corrected chi connectivity index (χ0v) is 19.3. The van der Waals surface area contributed by atoms with Gasteiger partial charge >= 0.3 is 0 Å². The van der Waals surface area contributed by atoms with Crippen LogP contribution >= 0.6 is 11.8 Å². The molecule has 2 aliphatic heterocycles. The van der Waals surface area contributed by atoms with E-state index in [2.05, 4.69) is 37.3 Å². The Hall–Kier alpha value is -2.27. The van der Waals surface area contributed by atoms with E-state index in [9.17, 15) is 9.59 Å². The van der Waals surface area contributed by atoms with Crippen LogP contribution < -0.4 is 0 Å². The molecule has 0 radical (unpaired) electrons. The van der Waals surface area contributed by atoms with E-state index in [0.29, 0.717) is 17.2 Å². The Morgan fingerprint density at radius 2 is 1.68 bits per heavy atom. The van der Waals surface area contributed by atoms with Crippen molar-refractivity contribution in [2.24, 2.45) is 5.92 Å². The molecule has 2 atom stereocenters. The van der Waals surface area contributed by atoms with Crippen LogP contribution in [-0.4, -0.2) is 51.9 Å². The van der Waals surface area contributed by atoms with Crippen molar-refractivity contribution in [3.63, 3.8) is 0 Å². The molecule has 4 rings (SSSR count). The molecule has 2 aliphatic rings. The van der Waals surface area contributed by atoms with Crippen molar-refractivity contribution in [2.75, 3.05) is 18.8 Å². The number of hydrogen-bond donors (Lipinski definition) is 0. The molecule has 164 valence electrons. The van der Waals surface area contributed by atoms with Crippen molar-refractivity contribution in [1.29, 1.82) is 0 Å². The summed E-state index contributed by atoms with van der Waals surface area (Å²) in [7, 11) is 0. The predicted molar refractivity (Wildman–Crippen MR) is 127 cm³/mol. The minimum Gasteiger partial charge on any atom is -0.341 e. The second kappa shape index (κ2) is 9.90. The number of aryl methyl sites for hydroxylation is 1. The lowest BCUT2D eigenvalue weighted by Gasteiger charge is -2.36. The molecule has 2 amide bonds. The molecule has 2 saturated heterocycles. The molecule has 31 heavy (non-hydrogen) atoms. The van der Waals surface area contributed by atoms with Gasteiger partial charge in [-0.05, 0) is 55.7 Å². The third-order valence-electron chi connectivity index (χ3n) is 6.63. The number of amides is 2. The number of nitrogens with zero attached hydrogens (tertiary/aromatic N) is 2. The summed E-state index contributed by atoms with van der Waals surface area (Å²) in [6, 6.07) is 18.0. The topological polar surface area (TPSA) is 40.6 Å². The summed E-state index contributed by atoms with van der Waals surface area (Å²) in [6.07, 6.45) is 4.00. The Morgan fingerprint density at radius 3 is 2.35 bits per heavy atom. The largest absolute Gasteiger partial charge is 0.341 e. The van der Waals surface area contributed by atoms with Gasteiger partial charge in [0.05, 0.1) is 5.37 Å². The van der Waals surface area contributed by atoms with E-state index < -0.39 is 0 Å². The molecule has 2 fully saturated rings. The fourth-order valence-electron chi connectivity index (χ4n) is 4.81. The molecule has 0 aromatic heterocycles. The van der Waals surface area contributed by atoms with Crippen LogP contribution in [0, 0.1) is 12.8 Å². The Labute approximate surface area is 190 Å². The van der Waals surface area contributed by atoms with Crippen LogP contribution in [0.15, 0.2) is 54.6 Å². The van der Waals surface area contributed by atoms with Crippen LogP contribution in [0.3, 0.4) is 0 Å². The van der Waals surface area contributed by atoms with Gasteiger partial charge in [0, 0.05) is 24.4 Å². The van der Waals surface area contributed by atoms with E-state index in [-0.39, 0.29) is 23.2 Å². The van der Waals surface area contributed by atoms with Gasteiger partial charge in [0.1, 0.15) is 6.04 Å². The Bertz CT molecular complexity index is 909. The highest BCUT2D eigenvalue weighted by atomic mass is 32.2. The van der Waals surface area contributed by atoms with E-state index >= 15 is 0 Å². The number of rotatable bonds is 5. The number of benzene rings is 2. The Morgan fingerprint density at radius 1 is 1.00 bits per heavy atom.